The Hall–Kier alpha value is -1.95. The lowest BCUT2D eigenvalue weighted by Crippen LogP contribution is -2.03. The first-order chi connectivity index (χ1) is 9.31. The molecule has 0 aliphatic rings. The third-order valence-corrected chi connectivity index (χ3v) is 3.30. The molecular formula is C13H15N3O2S. The van der Waals surface area contributed by atoms with E-state index in [1.54, 1.807) is 19.5 Å². The van der Waals surface area contributed by atoms with Gasteiger partial charge in [-0.1, -0.05) is 23.9 Å². The number of anilines is 1. The number of thioether (sulfide) groups is 1. The van der Waals surface area contributed by atoms with Gasteiger partial charge in [0.1, 0.15) is 5.03 Å². The van der Waals surface area contributed by atoms with Crippen LogP contribution in [-0.4, -0.2) is 29.4 Å². The van der Waals surface area contributed by atoms with Crippen molar-refractivity contribution in [2.24, 2.45) is 0 Å². The number of aromatic nitrogens is 2. The van der Waals surface area contributed by atoms with E-state index in [0.717, 1.165) is 22.3 Å². The van der Waals surface area contributed by atoms with E-state index in [4.69, 9.17) is 15.2 Å². The maximum atomic E-state index is 5.70. The summed E-state index contributed by atoms with van der Waals surface area (Å²) >= 11 is 1.52. The summed E-state index contributed by atoms with van der Waals surface area (Å²) in [6.45, 7) is 0.543. The predicted octanol–water partition coefficient (Wildman–Crippen LogP) is 2.24. The van der Waals surface area contributed by atoms with Gasteiger partial charge in [0.2, 0.25) is 0 Å². The van der Waals surface area contributed by atoms with E-state index in [2.05, 4.69) is 9.97 Å². The molecule has 1 aromatic heterocycles. The average Bonchev–Trinajstić information content (AvgIpc) is 2.45. The minimum Gasteiger partial charge on any atom is -0.493 e. The zero-order valence-electron chi connectivity index (χ0n) is 10.6. The molecule has 0 atom stereocenters. The summed E-state index contributed by atoms with van der Waals surface area (Å²) in [6.07, 6.45) is 3.20. The quantitative estimate of drug-likeness (QED) is 0.645. The van der Waals surface area contributed by atoms with Crippen LogP contribution in [0.5, 0.6) is 11.5 Å². The van der Waals surface area contributed by atoms with Gasteiger partial charge in [-0.05, 0) is 12.1 Å². The molecule has 0 unspecified atom stereocenters. The van der Waals surface area contributed by atoms with E-state index in [9.17, 15) is 0 Å². The number of methoxy groups -OCH3 is 1. The highest BCUT2D eigenvalue weighted by atomic mass is 32.2. The lowest BCUT2D eigenvalue weighted by atomic mass is 10.3. The Bertz CT molecular complexity index is 537. The van der Waals surface area contributed by atoms with Gasteiger partial charge in [-0.25, -0.2) is 9.97 Å². The number of hydrogen-bond acceptors (Lipinski definition) is 6. The molecule has 1 aromatic carbocycles. The summed E-state index contributed by atoms with van der Waals surface area (Å²) < 4.78 is 10.9. The van der Waals surface area contributed by atoms with E-state index < -0.39 is 0 Å². The molecule has 2 N–H and O–H groups in total. The number of benzene rings is 1. The van der Waals surface area contributed by atoms with Crippen LogP contribution in [0.2, 0.25) is 0 Å². The van der Waals surface area contributed by atoms with Gasteiger partial charge in [-0.15, -0.1) is 0 Å². The molecule has 1 heterocycles. The summed E-state index contributed by atoms with van der Waals surface area (Å²) in [5.41, 5.74) is 5.70. The highest BCUT2D eigenvalue weighted by Gasteiger charge is 2.04. The number of ether oxygens (including phenoxy) is 2. The fraction of sp³-hybridized carbons (Fsp3) is 0.231. The monoisotopic (exact) mass is 277 g/mol. The van der Waals surface area contributed by atoms with Crippen molar-refractivity contribution in [3.05, 3.63) is 36.7 Å². The van der Waals surface area contributed by atoms with Crippen LogP contribution in [0.1, 0.15) is 0 Å². The van der Waals surface area contributed by atoms with Crippen molar-refractivity contribution in [2.45, 2.75) is 5.03 Å². The molecule has 0 saturated carbocycles. The van der Waals surface area contributed by atoms with Gasteiger partial charge in [-0.3, -0.25) is 0 Å². The summed E-state index contributed by atoms with van der Waals surface area (Å²) in [4.78, 5) is 8.13. The van der Waals surface area contributed by atoms with Crippen LogP contribution >= 0.6 is 11.8 Å². The van der Waals surface area contributed by atoms with Gasteiger partial charge >= 0.3 is 0 Å². The molecule has 0 aliphatic carbocycles. The van der Waals surface area contributed by atoms with Crippen molar-refractivity contribution < 1.29 is 9.47 Å². The number of para-hydroxylation sites is 2. The van der Waals surface area contributed by atoms with E-state index in [0.29, 0.717) is 12.4 Å². The minimum absolute atomic E-state index is 0.449. The Kier molecular flexibility index (Phi) is 4.85. The van der Waals surface area contributed by atoms with Crippen molar-refractivity contribution in [3.63, 3.8) is 0 Å². The summed E-state index contributed by atoms with van der Waals surface area (Å²) in [7, 11) is 1.62. The third-order valence-electron chi connectivity index (χ3n) is 2.34. The summed E-state index contributed by atoms with van der Waals surface area (Å²) in [5.74, 6) is 2.65. The number of nitrogen functional groups attached to an aromatic ring is 1. The van der Waals surface area contributed by atoms with E-state index >= 15 is 0 Å². The smallest absolute Gasteiger partial charge is 0.161 e. The Morgan fingerprint density at radius 1 is 1.16 bits per heavy atom. The van der Waals surface area contributed by atoms with Crippen LogP contribution in [-0.2, 0) is 0 Å². The number of nitrogens with two attached hydrogens (primary N) is 1. The first kappa shape index (κ1) is 13.5. The molecule has 0 aliphatic heterocycles. The third kappa shape index (κ3) is 3.75. The van der Waals surface area contributed by atoms with Gasteiger partial charge in [0.25, 0.3) is 0 Å². The SMILES string of the molecule is COc1ccccc1OCCSc1nccnc1N. The molecular weight excluding hydrogens is 262 g/mol. The molecule has 0 spiro atoms. The van der Waals surface area contributed by atoms with Gasteiger partial charge in [0.05, 0.1) is 13.7 Å². The molecule has 2 aromatic rings. The highest BCUT2D eigenvalue weighted by Crippen LogP contribution is 2.26. The van der Waals surface area contributed by atoms with Crippen molar-refractivity contribution in [3.8, 4) is 11.5 Å². The molecule has 0 radical (unpaired) electrons. The first-order valence-electron chi connectivity index (χ1n) is 5.76. The minimum atomic E-state index is 0.449. The van der Waals surface area contributed by atoms with Crippen LogP contribution < -0.4 is 15.2 Å². The first-order valence-corrected chi connectivity index (χ1v) is 6.75. The number of rotatable bonds is 6. The zero-order valence-corrected chi connectivity index (χ0v) is 11.4. The lowest BCUT2D eigenvalue weighted by Gasteiger charge is -2.10. The molecule has 2 rings (SSSR count). The molecule has 0 amide bonds. The Labute approximate surface area is 116 Å². The maximum Gasteiger partial charge on any atom is 0.161 e. The molecule has 100 valence electrons. The second kappa shape index (κ2) is 6.84. The molecule has 0 bridgehead atoms. The van der Waals surface area contributed by atoms with Crippen molar-refractivity contribution in [1.82, 2.24) is 9.97 Å². The van der Waals surface area contributed by atoms with Gasteiger partial charge in [0, 0.05) is 18.1 Å². The van der Waals surface area contributed by atoms with E-state index in [1.807, 2.05) is 24.3 Å². The Morgan fingerprint density at radius 2 is 1.89 bits per heavy atom. The highest BCUT2D eigenvalue weighted by molar-refractivity contribution is 7.99. The van der Waals surface area contributed by atoms with Crippen LogP contribution in [0.25, 0.3) is 0 Å². The van der Waals surface area contributed by atoms with Crippen molar-refractivity contribution in [2.75, 3.05) is 25.2 Å². The molecule has 0 saturated heterocycles. The molecule has 0 fully saturated rings. The number of nitrogens with zero attached hydrogens (tertiary/aromatic N) is 2. The van der Waals surface area contributed by atoms with Crippen LogP contribution in [0.3, 0.4) is 0 Å². The fourth-order valence-corrected chi connectivity index (χ4v) is 2.17. The Balaban J connectivity index is 1.83. The normalized spacial score (nSPS) is 10.2. The fourth-order valence-electron chi connectivity index (χ4n) is 1.48. The van der Waals surface area contributed by atoms with Crippen molar-refractivity contribution >= 4 is 17.6 Å². The summed E-state index contributed by atoms with van der Waals surface area (Å²) in [5, 5.41) is 0.728. The van der Waals surface area contributed by atoms with Gasteiger partial charge < -0.3 is 15.2 Å². The Morgan fingerprint density at radius 3 is 2.63 bits per heavy atom. The molecule has 19 heavy (non-hydrogen) atoms. The van der Waals surface area contributed by atoms with E-state index in [1.165, 1.54) is 11.8 Å². The topological polar surface area (TPSA) is 70.3 Å². The van der Waals surface area contributed by atoms with E-state index in [-0.39, 0.29) is 0 Å². The second-order valence-corrected chi connectivity index (χ2v) is 4.68. The summed E-state index contributed by atoms with van der Waals surface area (Å²) in [6, 6.07) is 7.55. The average molecular weight is 277 g/mol. The zero-order chi connectivity index (χ0) is 13.5. The lowest BCUT2D eigenvalue weighted by molar-refractivity contribution is 0.313. The number of hydrogen-bond donors (Lipinski definition) is 1. The standard InChI is InChI=1S/C13H15N3O2S/c1-17-10-4-2-3-5-11(10)18-8-9-19-13-12(14)15-6-7-16-13/h2-7H,8-9H2,1H3,(H2,14,15). The van der Waals surface area contributed by atoms with Gasteiger partial charge in [0.15, 0.2) is 17.3 Å². The predicted molar refractivity (Wildman–Crippen MR) is 75.7 cm³/mol. The molecule has 5 nitrogen and oxygen atoms in total. The molecule has 6 heteroatoms. The second-order valence-electron chi connectivity index (χ2n) is 3.59. The van der Waals surface area contributed by atoms with Gasteiger partial charge in [-0.2, -0.15) is 0 Å². The maximum absolute atomic E-state index is 5.70. The van der Waals surface area contributed by atoms with Crippen LogP contribution in [0.4, 0.5) is 5.82 Å². The largest absolute Gasteiger partial charge is 0.493 e. The van der Waals surface area contributed by atoms with Crippen molar-refractivity contribution in [1.29, 1.82) is 0 Å². The van der Waals surface area contributed by atoms with Crippen LogP contribution in [0.15, 0.2) is 41.7 Å². The van der Waals surface area contributed by atoms with Crippen LogP contribution in [0, 0.1) is 0 Å².